The van der Waals surface area contributed by atoms with Crippen molar-refractivity contribution in [2.75, 3.05) is 19.5 Å². The summed E-state index contributed by atoms with van der Waals surface area (Å²) in [5.74, 6) is -0.663. The first-order valence-corrected chi connectivity index (χ1v) is 12.6. The molecule has 1 aliphatic heterocycles. The number of benzene rings is 2. The molecule has 0 aliphatic carbocycles. The Kier molecular flexibility index (Phi) is 7.35. The number of carbonyl (C=O) groups excluding carboxylic acids is 2. The Morgan fingerprint density at radius 3 is 2.18 bits per heavy atom. The van der Waals surface area contributed by atoms with Gasteiger partial charge in [0.1, 0.15) is 5.75 Å². The largest absolute Gasteiger partial charge is 0.494 e. The molecule has 0 bridgehead atoms. The van der Waals surface area contributed by atoms with Crippen molar-refractivity contribution in [2.45, 2.75) is 44.0 Å². The highest BCUT2D eigenvalue weighted by Gasteiger charge is 2.35. The van der Waals surface area contributed by atoms with E-state index in [2.05, 4.69) is 10.6 Å². The second-order valence-electron chi connectivity index (χ2n) is 8.95. The molecule has 2 amide bonds. The van der Waals surface area contributed by atoms with Crippen molar-refractivity contribution in [3.05, 3.63) is 70.9 Å². The molecular weight excluding hydrogens is 456 g/mol. The van der Waals surface area contributed by atoms with Crippen molar-refractivity contribution in [2.24, 2.45) is 0 Å². The number of amides is 2. The SMILES string of the molecule is CCOc1ccc(C2NC(=O)NC(CS(=O)(=O)c3ccc(C(C)(C)C)cc3)=C2C(=O)OC)cc1. The van der Waals surface area contributed by atoms with Gasteiger partial charge in [-0.3, -0.25) is 0 Å². The smallest absolute Gasteiger partial charge is 0.338 e. The van der Waals surface area contributed by atoms with Crippen LogP contribution in [-0.4, -0.2) is 39.9 Å². The molecule has 1 aliphatic rings. The topological polar surface area (TPSA) is 111 Å². The van der Waals surface area contributed by atoms with Crippen LogP contribution in [0.4, 0.5) is 4.79 Å². The van der Waals surface area contributed by atoms with Crippen molar-refractivity contribution in [3.8, 4) is 5.75 Å². The Hall–Kier alpha value is -3.33. The second-order valence-corrected chi connectivity index (χ2v) is 10.9. The number of carbonyl (C=O) groups is 2. The molecule has 2 aromatic rings. The van der Waals surface area contributed by atoms with Gasteiger partial charge in [0.2, 0.25) is 0 Å². The summed E-state index contributed by atoms with van der Waals surface area (Å²) in [5.41, 5.74) is 1.46. The summed E-state index contributed by atoms with van der Waals surface area (Å²) < 4.78 is 36.8. The maximum absolute atomic E-state index is 13.2. The van der Waals surface area contributed by atoms with E-state index in [-0.39, 0.29) is 21.6 Å². The predicted molar refractivity (Wildman–Crippen MR) is 128 cm³/mol. The van der Waals surface area contributed by atoms with Crippen LogP contribution in [0.3, 0.4) is 0 Å². The molecule has 3 rings (SSSR count). The molecule has 1 heterocycles. The van der Waals surface area contributed by atoms with Crippen LogP contribution in [0.15, 0.2) is 64.7 Å². The first kappa shape index (κ1) is 25.3. The van der Waals surface area contributed by atoms with E-state index >= 15 is 0 Å². The lowest BCUT2D eigenvalue weighted by Gasteiger charge is -2.29. The van der Waals surface area contributed by atoms with E-state index in [4.69, 9.17) is 9.47 Å². The lowest BCUT2D eigenvalue weighted by Crippen LogP contribution is -2.47. The first-order valence-electron chi connectivity index (χ1n) is 10.9. The fourth-order valence-corrected chi connectivity index (χ4v) is 5.02. The second kappa shape index (κ2) is 9.89. The van der Waals surface area contributed by atoms with Gasteiger partial charge >= 0.3 is 12.0 Å². The lowest BCUT2D eigenvalue weighted by atomic mass is 9.87. The summed E-state index contributed by atoms with van der Waals surface area (Å²) in [5, 5.41) is 5.18. The van der Waals surface area contributed by atoms with Gasteiger partial charge in [0, 0.05) is 5.70 Å². The lowest BCUT2D eigenvalue weighted by molar-refractivity contribution is -0.136. The van der Waals surface area contributed by atoms with E-state index in [1.165, 1.54) is 7.11 Å². The van der Waals surface area contributed by atoms with Gasteiger partial charge in [0.15, 0.2) is 9.84 Å². The zero-order valence-corrected chi connectivity index (χ0v) is 20.8. The number of rotatable bonds is 7. The van der Waals surface area contributed by atoms with Crippen LogP contribution in [0.2, 0.25) is 0 Å². The minimum Gasteiger partial charge on any atom is -0.494 e. The number of methoxy groups -OCH3 is 1. The van der Waals surface area contributed by atoms with Gasteiger partial charge in [-0.05, 0) is 47.7 Å². The zero-order chi connectivity index (χ0) is 25.1. The third-order valence-corrected chi connectivity index (χ3v) is 7.16. The normalized spacial score (nSPS) is 16.5. The summed E-state index contributed by atoms with van der Waals surface area (Å²) in [6.07, 6.45) is 0. The quantitative estimate of drug-likeness (QED) is 0.578. The molecule has 0 fully saturated rings. The molecule has 2 N–H and O–H groups in total. The number of hydrogen-bond donors (Lipinski definition) is 2. The molecule has 1 atom stereocenters. The fourth-order valence-electron chi connectivity index (χ4n) is 3.69. The van der Waals surface area contributed by atoms with Crippen molar-refractivity contribution in [1.29, 1.82) is 0 Å². The Morgan fingerprint density at radius 1 is 1.03 bits per heavy atom. The molecular formula is C25H30N2O6S. The Balaban J connectivity index is 2.01. The predicted octanol–water partition coefficient (Wildman–Crippen LogP) is 3.64. The third-order valence-electron chi connectivity index (χ3n) is 5.50. The highest BCUT2D eigenvalue weighted by molar-refractivity contribution is 7.91. The molecule has 0 aromatic heterocycles. The summed E-state index contributed by atoms with van der Waals surface area (Å²) >= 11 is 0. The Morgan fingerprint density at radius 2 is 1.65 bits per heavy atom. The number of hydrogen-bond acceptors (Lipinski definition) is 6. The molecule has 0 radical (unpaired) electrons. The van der Waals surface area contributed by atoms with Crippen molar-refractivity contribution < 1.29 is 27.5 Å². The molecule has 8 nitrogen and oxygen atoms in total. The van der Waals surface area contributed by atoms with Crippen molar-refractivity contribution >= 4 is 21.8 Å². The first-order chi connectivity index (χ1) is 16.0. The minimum atomic E-state index is -3.87. The summed E-state index contributed by atoms with van der Waals surface area (Å²) in [6.45, 7) is 8.47. The summed E-state index contributed by atoms with van der Waals surface area (Å²) in [6, 6.07) is 12.0. The zero-order valence-electron chi connectivity index (χ0n) is 20.0. The van der Waals surface area contributed by atoms with E-state index in [1.807, 2.05) is 27.7 Å². The van der Waals surface area contributed by atoms with Gasteiger partial charge in [-0.1, -0.05) is 45.0 Å². The number of esters is 1. The van der Waals surface area contributed by atoms with Crippen LogP contribution < -0.4 is 15.4 Å². The van der Waals surface area contributed by atoms with E-state index in [0.717, 1.165) is 5.56 Å². The van der Waals surface area contributed by atoms with E-state index in [9.17, 15) is 18.0 Å². The van der Waals surface area contributed by atoms with Crippen LogP contribution in [-0.2, 0) is 24.8 Å². The van der Waals surface area contributed by atoms with Crippen LogP contribution in [0.5, 0.6) is 5.75 Å². The van der Waals surface area contributed by atoms with Crippen LogP contribution in [0.1, 0.15) is 44.9 Å². The van der Waals surface area contributed by atoms with Crippen LogP contribution in [0.25, 0.3) is 0 Å². The van der Waals surface area contributed by atoms with Gasteiger partial charge in [-0.2, -0.15) is 0 Å². The van der Waals surface area contributed by atoms with Crippen LogP contribution in [0, 0.1) is 0 Å². The van der Waals surface area contributed by atoms with Gasteiger partial charge in [-0.15, -0.1) is 0 Å². The third kappa shape index (κ3) is 5.59. The van der Waals surface area contributed by atoms with Gasteiger partial charge in [-0.25, -0.2) is 18.0 Å². The molecule has 0 spiro atoms. The highest BCUT2D eigenvalue weighted by Crippen LogP contribution is 2.31. The van der Waals surface area contributed by atoms with E-state index < -0.39 is 33.6 Å². The summed E-state index contributed by atoms with van der Waals surface area (Å²) in [4.78, 5) is 25.3. The van der Waals surface area contributed by atoms with E-state index in [1.54, 1.807) is 48.5 Å². The fraction of sp³-hybridized carbons (Fsp3) is 0.360. The maximum atomic E-state index is 13.2. The number of urea groups is 1. The van der Waals surface area contributed by atoms with Crippen molar-refractivity contribution in [1.82, 2.24) is 10.6 Å². The van der Waals surface area contributed by atoms with Gasteiger partial charge in [0.25, 0.3) is 0 Å². The average molecular weight is 487 g/mol. The number of nitrogens with one attached hydrogen (secondary N) is 2. The highest BCUT2D eigenvalue weighted by atomic mass is 32.2. The maximum Gasteiger partial charge on any atom is 0.338 e. The molecule has 9 heteroatoms. The van der Waals surface area contributed by atoms with Crippen molar-refractivity contribution in [3.63, 3.8) is 0 Å². The standard InChI is InChI=1S/C25H30N2O6S/c1-6-33-18-11-7-16(8-12-18)22-21(23(28)32-5)20(26-24(29)27-22)15-34(30,31)19-13-9-17(10-14-19)25(2,3)4/h7-14,22H,6,15H2,1-5H3,(H2,26,27,29). The minimum absolute atomic E-state index is 0.0191. The monoisotopic (exact) mass is 486 g/mol. The van der Waals surface area contributed by atoms with Crippen LogP contribution >= 0.6 is 0 Å². The Labute approximate surface area is 200 Å². The van der Waals surface area contributed by atoms with Gasteiger partial charge in [0.05, 0.1) is 36.0 Å². The number of ether oxygens (including phenoxy) is 2. The molecule has 2 aromatic carbocycles. The Bertz CT molecular complexity index is 1190. The average Bonchev–Trinajstić information content (AvgIpc) is 2.78. The summed E-state index contributed by atoms with van der Waals surface area (Å²) in [7, 11) is -2.66. The van der Waals surface area contributed by atoms with E-state index in [0.29, 0.717) is 17.9 Å². The van der Waals surface area contributed by atoms with Gasteiger partial charge < -0.3 is 20.1 Å². The molecule has 0 saturated carbocycles. The molecule has 0 saturated heterocycles. The number of sulfone groups is 1. The molecule has 34 heavy (non-hydrogen) atoms. The molecule has 182 valence electrons. The molecule has 1 unspecified atom stereocenters.